The number of unbranched alkanes of at least 4 members (excludes halogenated alkanes) is 2. The lowest BCUT2D eigenvalue weighted by atomic mass is 10.0. The average Bonchev–Trinajstić information content (AvgIpc) is 3.19. The Morgan fingerprint density at radius 3 is 2.60 bits per heavy atom. The van der Waals surface area contributed by atoms with E-state index >= 15 is 0 Å². The molecule has 2 aromatic carbocycles. The lowest BCUT2D eigenvalue weighted by molar-refractivity contribution is 0.0257. The van der Waals surface area contributed by atoms with Crippen LogP contribution in [0.5, 0.6) is 0 Å². The molecule has 0 aliphatic carbocycles. The van der Waals surface area contributed by atoms with E-state index in [1.165, 1.54) is 35.2 Å². The van der Waals surface area contributed by atoms with Gasteiger partial charge in [-0.15, -0.1) is 0 Å². The summed E-state index contributed by atoms with van der Waals surface area (Å²) >= 11 is 0. The summed E-state index contributed by atoms with van der Waals surface area (Å²) in [6, 6.07) is 9.89. The van der Waals surface area contributed by atoms with Crippen LogP contribution in [0.4, 0.5) is 28.9 Å². The standard InChI is InChI=1S/C26H29F4N5/c1-33-11-4-2-3-5-20(32)14-25(18-6-7-19(16-31)22(27)13-18)34-24-9-8-21(15-23(24)28)35-12-10-26(29,30)17-35/h6-9,13-15,33H,2-5,10-12,17,32H2,1H3. The number of nitrogens with two attached hydrogens (primary N) is 1. The Hall–Kier alpha value is -3.38. The Morgan fingerprint density at radius 2 is 1.97 bits per heavy atom. The Kier molecular flexibility index (Phi) is 8.88. The van der Waals surface area contributed by atoms with Crippen molar-refractivity contribution < 1.29 is 17.6 Å². The van der Waals surface area contributed by atoms with Crippen LogP contribution in [-0.4, -0.2) is 38.3 Å². The second kappa shape index (κ2) is 11.8. The quantitative estimate of drug-likeness (QED) is 0.266. The highest BCUT2D eigenvalue weighted by molar-refractivity contribution is 6.10. The molecule has 1 fully saturated rings. The monoisotopic (exact) mass is 487 g/mol. The minimum absolute atomic E-state index is 0.0301. The summed E-state index contributed by atoms with van der Waals surface area (Å²) in [7, 11) is 1.89. The van der Waals surface area contributed by atoms with Gasteiger partial charge in [0.25, 0.3) is 5.92 Å². The zero-order valence-electron chi connectivity index (χ0n) is 19.6. The van der Waals surface area contributed by atoms with E-state index in [0.29, 0.717) is 23.4 Å². The number of nitrogens with zero attached hydrogens (tertiary/aromatic N) is 3. The number of aliphatic imine (C=N–C) groups is 1. The minimum Gasteiger partial charge on any atom is -0.402 e. The molecule has 0 radical (unpaired) electrons. The van der Waals surface area contributed by atoms with Crippen molar-refractivity contribution in [2.24, 2.45) is 10.7 Å². The third-order valence-electron chi connectivity index (χ3n) is 5.81. The molecule has 0 unspecified atom stereocenters. The largest absolute Gasteiger partial charge is 0.402 e. The van der Waals surface area contributed by atoms with E-state index in [2.05, 4.69) is 10.3 Å². The normalized spacial score (nSPS) is 15.9. The van der Waals surface area contributed by atoms with Crippen LogP contribution in [0.15, 0.2) is 53.2 Å². The maximum Gasteiger partial charge on any atom is 0.266 e. The van der Waals surface area contributed by atoms with Gasteiger partial charge in [0.1, 0.15) is 11.9 Å². The number of halogens is 4. The van der Waals surface area contributed by atoms with Gasteiger partial charge in [0.2, 0.25) is 0 Å². The van der Waals surface area contributed by atoms with E-state index in [9.17, 15) is 17.6 Å². The summed E-state index contributed by atoms with van der Waals surface area (Å²) in [5.74, 6) is -4.21. The number of hydrogen-bond acceptors (Lipinski definition) is 5. The van der Waals surface area contributed by atoms with Crippen LogP contribution in [0, 0.1) is 23.0 Å². The van der Waals surface area contributed by atoms with Crippen molar-refractivity contribution in [2.75, 3.05) is 31.6 Å². The summed E-state index contributed by atoms with van der Waals surface area (Å²) in [5.41, 5.74) is 7.47. The van der Waals surface area contributed by atoms with E-state index in [1.807, 2.05) is 7.05 Å². The molecule has 1 heterocycles. The number of nitrogens with one attached hydrogen (secondary N) is 1. The van der Waals surface area contributed by atoms with Crippen LogP contribution >= 0.6 is 0 Å². The Morgan fingerprint density at radius 1 is 1.17 bits per heavy atom. The first-order valence-electron chi connectivity index (χ1n) is 11.5. The van der Waals surface area contributed by atoms with Gasteiger partial charge in [0, 0.05) is 29.9 Å². The van der Waals surface area contributed by atoms with Crippen LogP contribution < -0.4 is 16.0 Å². The molecule has 3 rings (SSSR count). The fraction of sp³-hybridized carbons (Fsp3) is 0.385. The molecule has 0 saturated carbocycles. The molecule has 9 heteroatoms. The van der Waals surface area contributed by atoms with Gasteiger partial charge < -0.3 is 16.0 Å². The summed E-state index contributed by atoms with van der Waals surface area (Å²) in [5, 5.41) is 12.1. The highest BCUT2D eigenvalue weighted by atomic mass is 19.3. The summed E-state index contributed by atoms with van der Waals surface area (Å²) < 4.78 is 56.3. The third-order valence-corrected chi connectivity index (χ3v) is 5.81. The zero-order valence-corrected chi connectivity index (χ0v) is 19.6. The maximum absolute atomic E-state index is 14.9. The predicted octanol–water partition coefficient (Wildman–Crippen LogP) is 5.43. The van der Waals surface area contributed by atoms with Crippen molar-refractivity contribution in [1.29, 1.82) is 5.26 Å². The number of rotatable bonds is 10. The van der Waals surface area contributed by atoms with Crippen LogP contribution in [-0.2, 0) is 0 Å². The topological polar surface area (TPSA) is 77.4 Å². The molecule has 0 aromatic heterocycles. The van der Waals surface area contributed by atoms with E-state index in [1.54, 1.807) is 12.1 Å². The number of anilines is 1. The van der Waals surface area contributed by atoms with Gasteiger partial charge in [-0.25, -0.2) is 22.6 Å². The Bertz CT molecular complexity index is 1140. The zero-order chi connectivity index (χ0) is 25.4. The summed E-state index contributed by atoms with van der Waals surface area (Å²) in [6.07, 6.45) is 4.72. The summed E-state index contributed by atoms with van der Waals surface area (Å²) in [6.45, 7) is 0.585. The lowest BCUT2D eigenvalue weighted by Gasteiger charge is -2.18. The van der Waals surface area contributed by atoms with Crippen LogP contribution in [0.3, 0.4) is 0 Å². The summed E-state index contributed by atoms with van der Waals surface area (Å²) in [4.78, 5) is 5.81. The second-order valence-corrected chi connectivity index (χ2v) is 8.60. The predicted molar refractivity (Wildman–Crippen MR) is 130 cm³/mol. The van der Waals surface area contributed by atoms with Gasteiger partial charge in [-0.2, -0.15) is 5.26 Å². The molecule has 1 aliphatic rings. The van der Waals surface area contributed by atoms with Gasteiger partial charge >= 0.3 is 0 Å². The maximum atomic E-state index is 14.9. The first-order chi connectivity index (χ1) is 16.7. The van der Waals surface area contributed by atoms with Gasteiger partial charge in [-0.3, -0.25) is 0 Å². The van der Waals surface area contributed by atoms with E-state index in [0.717, 1.165) is 31.9 Å². The molecule has 186 valence electrons. The first kappa shape index (κ1) is 26.2. The molecule has 0 atom stereocenters. The SMILES string of the molecule is CNCCCCCC(N)=CC(=Nc1ccc(N2CCC(F)(F)C2)cc1F)c1ccc(C#N)c(F)c1. The molecule has 1 saturated heterocycles. The fourth-order valence-electron chi connectivity index (χ4n) is 3.87. The van der Waals surface area contributed by atoms with Crippen molar-refractivity contribution >= 4 is 17.1 Å². The molecule has 0 bridgehead atoms. The van der Waals surface area contributed by atoms with Crippen LogP contribution in [0.1, 0.15) is 43.2 Å². The Balaban J connectivity index is 1.89. The number of allylic oxidation sites excluding steroid dienone is 2. The van der Waals surface area contributed by atoms with Gasteiger partial charge in [-0.05, 0) is 69.3 Å². The molecule has 2 aromatic rings. The van der Waals surface area contributed by atoms with Crippen LogP contribution in [0.25, 0.3) is 0 Å². The third kappa shape index (κ3) is 7.30. The van der Waals surface area contributed by atoms with E-state index in [4.69, 9.17) is 11.0 Å². The number of alkyl halides is 2. The number of nitriles is 1. The molecule has 5 nitrogen and oxygen atoms in total. The van der Waals surface area contributed by atoms with Crippen molar-refractivity contribution in [1.82, 2.24) is 5.32 Å². The highest BCUT2D eigenvalue weighted by Gasteiger charge is 2.38. The first-order valence-corrected chi connectivity index (χ1v) is 11.5. The van der Waals surface area contributed by atoms with Crippen molar-refractivity contribution in [2.45, 2.75) is 38.0 Å². The lowest BCUT2D eigenvalue weighted by Crippen LogP contribution is -2.24. The second-order valence-electron chi connectivity index (χ2n) is 8.60. The van der Waals surface area contributed by atoms with Gasteiger partial charge in [0.15, 0.2) is 5.82 Å². The van der Waals surface area contributed by atoms with Gasteiger partial charge in [-0.1, -0.05) is 12.5 Å². The molecular formula is C26H29F4N5. The molecular weight excluding hydrogens is 458 g/mol. The van der Waals surface area contributed by atoms with Crippen molar-refractivity contribution in [3.63, 3.8) is 0 Å². The molecule has 3 N–H and O–H groups in total. The minimum atomic E-state index is -2.80. The van der Waals surface area contributed by atoms with Crippen molar-refractivity contribution in [3.05, 3.63) is 70.9 Å². The smallest absolute Gasteiger partial charge is 0.266 e. The van der Waals surface area contributed by atoms with Crippen LogP contribution in [0.2, 0.25) is 0 Å². The highest BCUT2D eigenvalue weighted by Crippen LogP contribution is 2.33. The average molecular weight is 488 g/mol. The molecule has 0 spiro atoms. The van der Waals surface area contributed by atoms with E-state index < -0.39 is 24.1 Å². The van der Waals surface area contributed by atoms with E-state index in [-0.39, 0.29) is 29.9 Å². The van der Waals surface area contributed by atoms with Gasteiger partial charge in [0.05, 0.1) is 23.5 Å². The molecule has 1 aliphatic heterocycles. The number of benzene rings is 2. The Labute approximate surface area is 203 Å². The van der Waals surface area contributed by atoms with Crippen molar-refractivity contribution in [3.8, 4) is 6.07 Å². The molecule has 0 amide bonds. The molecule has 35 heavy (non-hydrogen) atoms. The fourth-order valence-corrected chi connectivity index (χ4v) is 3.87. The number of hydrogen-bond donors (Lipinski definition) is 2.